The summed E-state index contributed by atoms with van der Waals surface area (Å²) in [5.41, 5.74) is -0.0678. The minimum atomic E-state index is -4.19. The third-order valence-corrected chi connectivity index (χ3v) is 4.10. The summed E-state index contributed by atoms with van der Waals surface area (Å²) in [4.78, 5) is 13.1. The van der Waals surface area contributed by atoms with Crippen LogP contribution in [0.1, 0.15) is 23.2 Å². The van der Waals surface area contributed by atoms with E-state index in [9.17, 15) is 17.6 Å². The molecular weight excluding hydrogens is 287 g/mol. The summed E-state index contributed by atoms with van der Waals surface area (Å²) in [5.74, 6) is -1.87. The SMILES string of the molecule is COc1c(F)cc(C(=O)N(C)C2CC2)cc1S(N)(=O)=O. The zero-order chi connectivity index (χ0) is 15.1. The monoisotopic (exact) mass is 302 g/mol. The molecule has 1 saturated carbocycles. The van der Waals surface area contributed by atoms with Gasteiger partial charge in [0.05, 0.1) is 7.11 Å². The van der Waals surface area contributed by atoms with E-state index in [1.165, 1.54) is 4.90 Å². The second kappa shape index (κ2) is 5.02. The van der Waals surface area contributed by atoms with Crippen LogP contribution in [0, 0.1) is 5.82 Å². The number of nitrogens with two attached hydrogens (primary N) is 1. The second-order valence-corrected chi connectivity index (χ2v) is 6.21. The van der Waals surface area contributed by atoms with Gasteiger partial charge >= 0.3 is 0 Å². The number of amides is 1. The van der Waals surface area contributed by atoms with Crippen molar-refractivity contribution < 1.29 is 22.3 Å². The number of methoxy groups -OCH3 is 1. The summed E-state index contributed by atoms with van der Waals surface area (Å²) in [7, 11) is -1.46. The van der Waals surface area contributed by atoms with Crippen molar-refractivity contribution in [3.05, 3.63) is 23.5 Å². The van der Waals surface area contributed by atoms with E-state index in [0.717, 1.165) is 32.1 Å². The maximum Gasteiger partial charge on any atom is 0.253 e. The van der Waals surface area contributed by atoms with Crippen LogP contribution in [-0.2, 0) is 10.0 Å². The molecule has 8 heteroatoms. The first-order valence-corrected chi connectivity index (χ1v) is 7.48. The molecule has 2 rings (SSSR count). The van der Waals surface area contributed by atoms with Gasteiger partial charge in [0.15, 0.2) is 11.6 Å². The summed E-state index contributed by atoms with van der Waals surface area (Å²) in [5, 5.41) is 5.02. The molecule has 1 aliphatic carbocycles. The third kappa shape index (κ3) is 2.75. The van der Waals surface area contributed by atoms with Gasteiger partial charge < -0.3 is 9.64 Å². The highest BCUT2D eigenvalue weighted by molar-refractivity contribution is 7.89. The predicted molar refractivity (Wildman–Crippen MR) is 69.4 cm³/mol. The average Bonchev–Trinajstić information content (AvgIpc) is 3.19. The number of hydrogen-bond donors (Lipinski definition) is 1. The van der Waals surface area contributed by atoms with E-state index in [2.05, 4.69) is 0 Å². The van der Waals surface area contributed by atoms with Crippen LogP contribution >= 0.6 is 0 Å². The molecule has 0 radical (unpaired) electrons. The first-order chi connectivity index (χ1) is 9.25. The Morgan fingerprint density at radius 2 is 2.05 bits per heavy atom. The highest BCUT2D eigenvalue weighted by atomic mass is 32.2. The molecule has 0 unspecified atom stereocenters. The summed E-state index contributed by atoms with van der Waals surface area (Å²) in [6.07, 6.45) is 1.78. The van der Waals surface area contributed by atoms with E-state index in [-0.39, 0.29) is 11.6 Å². The van der Waals surface area contributed by atoms with Crippen molar-refractivity contribution in [1.29, 1.82) is 0 Å². The van der Waals surface area contributed by atoms with E-state index in [1.807, 2.05) is 0 Å². The Morgan fingerprint density at radius 1 is 1.45 bits per heavy atom. The molecule has 20 heavy (non-hydrogen) atoms. The van der Waals surface area contributed by atoms with Gasteiger partial charge in [0.1, 0.15) is 4.90 Å². The van der Waals surface area contributed by atoms with Crippen LogP contribution in [0.5, 0.6) is 5.75 Å². The molecule has 6 nitrogen and oxygen atoms in total. The topological polar surface area (TPSA) is 89.7 Å². The fourth-order valence-electron chi connectivity index (χ4n) is 1.93. The Labute approximate surface area is 116 Å². The zero-order valence-electron chi connectivity index (χ0n) is 11.1. The molecule has 0 spiro atoms. The fourth-order valence-corrected chi connectivity index (χ4v) is 2.66. The van der Waals surface area contributed by atoms with Crippen LogP contribution in [0.4, 0.5) is 4.39 Å². The zero-order valence-corrected chi connectivity index (χ0v) is 11.9. The van der Waals surface area contributed by atoms with Crippen molar-refractivity contribution in [2.24, 2.45) is 5.14 Å². The van der Waals surface area contributed by atoms with Crippen LogP contribution < -0.4 is 9.88 Å². The quantitative estimate of drug-likeness (QED) is 0.887. The summed E-state index contributed by atoms with van der Waals surface area (Å²) >= 11 is 0. The van der Waals surface area contributed by atoms with Crippen LogP contribution in [0.25, 0.3) is 0 Å². The number of hydrogen-bond acceptors (Lipinski definition) is 4. The number of carbonyl (C=O) groups excluding carboxylic acids is 1. The van der Waals surface area contributed by atoms with Crippen molar-refractivity contribution in [3.63, 3.8) is 0 Å². The molecular formula is C12H15FN2O4S. The number of nitrogens with zero attached hydrogens (tertiary/aromatic N) is 1. The lowest BCUT2D eigenvalue weighted by Gasteiger charge is -2.17. The highest BCUT2D eigenvalue weighted by Crippen LogP contribution is 2.30. The fraction of sp³-hybridized carbons (Fsp3) is 0.417. The molecule has 110 valence electrons. The van der Waals surface area contributed by atoms with Crippen molar-refractivity contribution in [2.45, 2.75) is 23.8 Å². The predicted octanol–water partition coefficient (Wildman–Crippen LogP) is 0.716. The molecule has 1 aromatic rings. The van der Waals surface area contributed by atoms with E-state index in [4.69, 9.17) is 9.88 Å². The maximum absolute atomic E-state index is 13.9. The van der Waals surface area contributed by atoms with Crippen molar-refractivity contribution in [2.75, 3.05) is 14.2 Å². The smallest absolute Gasteiger partial charge is 0.253 e. The van der Waals surface area contributed by atoms with Crippen molar-refractivity contribution >= 4 is 15.9 Å². The van der Waals surface area contributed by atoms with E-state index >= 15 is 0 Å². The Kier molecular flexibility index (Phi) is 3.70. The van der Waals surface area contributed by atoms with Gasteiger partial charge in [-0.05, 0) is 25.0 Å². The van der Waals surface area contributed by atoms with Gasteiger partial charge in [-0.2, -0.15) is 0 Å². The van der Waals surface area contributed by atoms with Crippen LogP contribution in [-0.4, -0.2) is 39.4 Å². The first-order valence-electron chi connectivity index (χ1n) is 5.93. The number of primary sulfonamides is 1. The van der Waals surface area contributed by atoms with E-state index in [0.29, 0.717) is 0 Å². The summed E-state index contributed by atoms with van der Waals surface area (Å²) in [6.45, 7) is 0. The minimum absolute atomic E-state index is 0.0678. The second-order valence-electron chi connectivity index (χ2n) is 4.68. The Bertz CT molecular complexity index is 656. The summed E-state index contributed by atoms with van der Waals surface area (Å²) < 4.78 is 41.5. The minimum Gasteiger partial charge on any atom is -0.492 e. The molecule has 1 aliphatic rings. The molecule has 0 aromatic heterocycles. The van der Waals surface area contributed by atoms with Gasteiger partial charge in [-0.25, -0.2) is 17.9 Å². The lowest BCUT2D eigenvalue weighted by Crippen LogP contribution is -2.29. The number of benzene rings is 1. The van der Waals surface area contributed by atoms with E-state index < -0.39 is 32.4 Å². The lowest BCUT2D eigenvalue weighted by atomic mass is 10.2. The van der Waals surface area contributed by atoms with Gasteiger partial charge in [-0.3, -0.25) is 4.79 Å². The van der Waals surface area contributed by atoms with Gasteiger partial charge in [-0.1, -0.05) is 0 Å². The standard InChI is InChI=1S/C12H15FN2O4S/c1-15(8-3-4-8)12(16)7-5-9(13)11(19-2)10(6-7)20(14,17)18/h5-6,8H,3-4H2,1-2H3,(H2,14,17,18). The number of halogens is 1. The van der Waals surface area contributed by atoms with Gasteiger partial charge in [-0.15, -0.1) is 0 Å². The number of rotatable bonds is 4. The van der Waals surface area contributed by atoms with Gasteiger partial charge in [0.2, 0.25) is 10.0 Å². The van der Waals surface area contributed by atoms with E-state index in [1.54, 1.807) is 7.05 Å². The van der Waals surface area contributed by atoms with Crippen LogP contribution in [0.3, 0.4) is 0 Å². The van der Waals surface area contributed by atoms with Crippen molar-refractivity contribution in [1.82, 2.24) is 4.90 Å². The first kappa shape index (κ1) is 14.7. The van der Waals surface area contributed by atoms with Crippen LogP contribution in [0.2, 0.25) is 0 Å². The molecule has 0 saturated heterocycles. The Morgan fingerprint density at radius 3 is 2.50 bits per heavy atom. The van der Waals surface area contributed by atoms with Gasteiger partial charge in [0, 0.05) is 18.7 Å². The molecule has 1 aromatic carbocycles. The molecule has 0 bridgehead atoms. The number of carbonyl (C=O) groups is 1. The Hall–Kier alpha value is -1.67. The molecule has 1 amide bonds. The molecule has 1 fully saturated rings. The molecule has 0 atom stereocenters. The number of sulfonamides is 1. The van der Waals surface area contributed by atoms with Crippen LogP contribution in [0.15, 0.2) is 17.0 Å². The maximum atomic E-state index is 13.9. The normalized spacial score (nSPS) is 15.0. The number of ether oxygens (including phenoxy) is 1. The van der Waals surface area contributed by atoms with Gasteiger partial charge in [0.25, 0.3) is 5.91 Å². The average molecular weight is 302 g/mol. The highest BCUT2D eigenvalue weighted by Gasteiger charge is 2.31. The molecule has 0 aliphatic heterocycles. The summed E-state index contributed by atoms with van der Waals surface area (Å²) in [6, 6.07) is 2.12. The lowest BCUT2D eigenvalue weighted by molar-refractivity contribution is 0.0784. The third-order valence-electron chi connectivity index (χ3n) is 3.18. The molecule has 0 heterocycles. The largest absolute Gasteiger partial charge is 0.492 e. The Balaban J connectivity index is 2.50. The van der Waals surface area contributed by atoms with Crippen molar-refractivity contribution in [3.8, 4) is 5.75 Å². The molecule has 2 N–H and O–H groups in total.